The number of H-pyrrole nitrogens is 1. The SMILES string of the molecule is NCCOc1cnc2c(c1)CN(c1cn[nH]c(=O)c1C(F)(F)F)C2. The number of fused-ring (bicyclic) bond motifs is 1. The number of alkyl halides is 3. The predicted molar refractivity (Wildman–Crippen MR) is 78.5 cm³/mol. The summed E-state index contributed by atoms with van der Waals surface area (Å²) in [5, 5.41) is 5.31. The van der Waals surface area contributed by atoms with Gasteiger partial charge in [0.25, 0.3) is 5.56 Å². The number of ether oxygens (including phenoxy) is 1. The molecule has 0 bridgehead atoms. The van der Waals surface area contributed by atoms with Crippen molar-refractivity contribution in [1.29, 1.82) is 0 Å². The van der Waals surface area contributed by atoms with E-state index in [2.05, 4.69) is 10.1 Å². The maximum Gasteiger partial charge on any atom is 0.423 e. The van der Waals surface area contributed by atoms with E-state index in [1.165, 1.54) is 11.1 Å². The number of anilines is 1. The predicted octanol–water partition coefficient (Wildman–Crippen LogP) is 1.04. The van der Waals surface area contributed by atoms with Crippen LogP contribution in [-0.2, 0) is 19.3 Å². The zero-order valence-electron chi connectivity index (χ0n) is 12.4. The van der Waals surface area contributed by atoms with Gasteiger partial charge in [0.05, 0.1) is 30.3 Å². The van der Waals surface area contributed by atoms with E-state index in [1.54, 1.807) is 6.07 Å². The van der Waals surface area contributed by atoms with Crippen molar-refractivity contribution in [2.24, 2.45) is 5.73 Å². The Kier molecular flexibility index (Phi) is 4.14. The van der Waals surface area contributed by atoms with Gasteiger partial charge in [-0.2, -0.15) is 18.3 Å². The molecule has 0 amide bonds. The first-order valence-electron chi connectivity index (χ1n) is 7.10. The second-order valence-corrected chi connectivity index (χ2v) is 5.23. The summed E-state index contributed by atoms with van der Waals surface area (Å²) in [5.41, 5.74) is 3.92. The lowest BCUT2D eigenvalue weighted by Crippen LogP contribution is -2.28. The zero-order chi connectivity index (χ0) is 17.3. The Bertz CT molecular complexity index is 806. The van der Waals surface area contributed by atoms with E-state index in [1.807, 2.05) is 5.10 Å². The lowest BCUT2D eigenvalue weighted by Gasteiger charge is -2.20. The molecule has 1 aliphatic heterocycles. The van der Waals surface area contributed by atoms with Gasteiger partial charge in [-0.25, -0.2) is 5.10 Å². The van der Waals surface area contributed by atoms with Crippen LogP contribution in [0.5, 0.6) is 5.75 Å². The van der Waals surface area contributed by atoms with Gasteiger partial charge < -0.3 is 15.4 Å². The van der Waals surface area contributed by atoms with Crippen LogP contribution >= 0.6 is 0 Å². The topological polar surface area (TPSA) is 97.1 Å². The third-order valence-corrected chi connectivity index (χ3v) is 3.58. The van der Waals surface area contributed by atoms with Crippen LogP contribution in [-0.4, -0.2) is 28.3 Å². The van der Waals surface area contributed by atoms with Crippen LogP contribution in [0, 0.1) is 0 Å². The molecule has 0 saturated carbocycles. The molecule has 0 saturated heterocycles. The molecule has 0 unspecified atom stereocenters. The summed E-state index contributed by atoms with van der Waals surface area (Å²) in [5.74, 6) is 0.501. The number of pyridine rings is 1. The van der Waals surface area contributed by atoms with E-state index in [4.69, 9.17) is 10.5 Å². The number of nitrogens with two attached hydrogens (primary N) is 1. The Morgan fingerprint density at radius 1 is 1.33 bits per heavy atom. The molecule has 128 valence electrons. The van der Waals surface area contributed by atoms with Crippen molar-refractivity contribution >= 4 is 5.69 Å². The molecule has 7 nitrogen and oxygen atoms in total. The minimum Gasteiger partial charge on any atom is -0.491 e. The standard InChI is InChI=1S/C14H14F3N5O2/c15-14(16,17)12-11(5-20-21-13(12)23)22-6-8-3-9(24-2-1-18)4-19-10(8)7-22/h3-5H,1-2,6-7,18H2,(H,21,23). The van der Waals surface area contributed by atoms with Gasteiger partial charge in [-0.15, -0.1) is 0 Å². The highest BCUT2D eigenvalue weighted by Crippen LogP contribution is 2.36. The molecule has 3 rings (SSSR count). The van der Waals surface area contributed by atoms with Crippen LogP contribution in [0.15, 0.2) is 23.3 Å². The molecule has 0 spiro atoms. The molecule has 3 N–H and O–H groups in total. The van der Waals surface area contributed by atoms with Crippen LogP contribution < -0.4 is 20.9 Å². The second-order valence-electron chi connectivity index (χ2n) is 5.23. The van der Waals surface area contributed by atoms with Crippen molar-refractivity contribution in [3.05, 3.63) is 45.6 Å². The smallest absolute Gasteiger partial charge is 0.423 e. The lowest BCUT2D eigenvalue weighted by molar-refractivity contribution is -0.138. The number of aromatic nitrogens is 3. The monoisotopic (exact) mass is 341 g/mol. The average Bonchev–Trinajstić information content (AvgIpc) is 2.94. The Morgan fingerprint density at radius 3 is 2.83 bits per heavy atom. The Labute approximate surface area is 134 Å². The molecule has 3 heterocycles. The minimum absolute atomic E-state index is 0.153. The Morgan fingerprint density at radius 2 is 2.12 bits per heavy atom. The van der Waals surface area contributed by atoms with Crippen molar-refractivity contribution in [1.82, 2.24) is 15.2 Å². The number of nitrogens with one attached hydrogen (secondary N) is 1. The van der Waals surface area contributed by atoms with Crippen molar-refractivity contribution in [2.75, 3.05) is 18.1 Å². The largest absolute Gasteiger partial charge is 0.491 e. The highest BCUT2D eigenvalue weighted by Gasteiger charge is 2.39. The summed E-state index contributed by atoms with van der Waals surface area (Å²) >= 11 is 0. The number of rotatable bonds is 4. The average molecular weight is 341 g/mol. The molecule has 24 heavy (non-hydrogen) atoms. The second kappa shape index (κ2) is 6.11. The van der Waals surface area contributed by atoms with Gasteiger partial charge in [-0.05, 0) is 11.6 Å². The van der Waals surface area contributed by atoms with Crippen LogP contribution in [0.3, 0.4) is 0 Å². The van der Waals surface area contributed by atoms with Crippen molar-refractivity contribution < 1.29 is 17.9 Å². The van der Waals surface area contributed by atoms with Crippen molar-refractivity contribution in [2.45, 2.75) is 19.3 Å². The summed E-state index contributed by atoms with van der Waals surface area (Å²) < 4.78 is 44.9. The van der Waals surface area contributed by atoms with Crippen LogP contribution in [0.2, 0.25) is 0 Å². The van der Waals surface area contributed by atoms with E-state index in [0.29, 0.717) is 24.6 Å². The Balaban J connectivity index is 1.91. The molecular formula is C14H14F3N5O2. The number of nitrogens with zero attached hydrogens (tertiary/aromatic N) is 3. The molecule has 0 atom stereocenters. The summed E-state index contributed by atoms with van der Waals surface area (Å²) in [4.78, 5) is 17.2. The van der Waals surface area contributed by atoms with Crippen LogP contribution in [0.1, 0.15) is 16.8 Å². The maximum atomic E-state index is 13.2. The minimum atomic E-state index is -4.77. The summed E-state index contributed by atoms with van der Waals surface area (Å²) in [7, 11) is 0. The third-order valence-electron chi connectivity index (χ3n) is 3.58. The fourth-order valence-electron chi connectivity index (χ4n) is 2.57. The molecule has 0 aromatic carbocycles. The van der Waals surface area contributed by atoms with Crippen molar-refractivity contribution in [3.8, 4) is 5.75 Å². The zero-order valence-corrected chi connectivity index (χ0v) is 12.4. The first-order chi connectivity index (χ1) is 11.4. The molecule has 2 aromatic heterocycles. The molecule has 0 aliphatic carbocycles. The summed E-state index contributed by atoms with van der Waals surface area (Å²) in [6.45, 7) is 0.994. The Hall–Kier alpha value is -2.62. The first kappa shape index (κ1) is 16.2. The fourth-order valence-corrected chi connectivity index (χ4v) is 2.57. The van der Waals surface area contributed by atoms with E-state index in [0.717, 1.165) is 11.8 Å². The molecule has 10 heteroatoms. The molecule has 0 radical (unpaired) electrons. The molecule has 2 aromatic rings. The van der Waals surface area contributed by atoms with E-state index in [-0.39, 0.29) is 18.8 Å². The quantitative estimate of drug-likeness (QED) is 0.862. The number of hydrogen-bond donors (Lipinski definition) is 2. The van der Waals surface area contributed by atoms with Gasteiger partial charge in [-0.3, -0.25) is 9.78 Å². The fraction of sp³-hybridized carbons (Fsp3) is 0.357. The van der Waals surface area contributed by atoms with Crippen molar-refractivity contribution in [3.63, 3.8) is 0 Å². The number of halogens is 3. The van der Waals surface area contributed by atoms with Gasteiger partial charge in [-0.1, -0.05) is 0 Å². The molecule has 0 fully saturated rings. The molecule has 1 aliphatic rings. The summed E-state index contributed by atoms with van der Waals surface area (Å²) in [6, 6.07) is 1.71. The van der Waals surface area contributed by atoms with E-state index < -0.39 is 17.3 Å². The van der Waals surface area contributed by atoms with Crippen LogP contribution in [0.25, 0.3) is 0 Å². The normalized spacial score (nSPS) is 13.9. The van der Waals surface area contributed by atoms with Gasteiger partial charge in [0.1, 0.15) is 17.9 Å². The van der Waals surface area contributed by atoms with Gasteiger partial charge in [0, 0.05) is 13.1 Å². The van der Waals surface area contributed by atoms with E-state index >= 15 is 0 Å². The summed E-state index contributed by atoms with van der Waals surface area (Å²) in [6.07, 6.45) is -2.27. The molecular weight excluding hydrogens is 327 g/mol. The van der Waals surface area contributed by atoms with Gasteiger partial charge in [0.15, 0.2) is 0 Å². The van der Waals surface area contributed by atoms with E-state index in [9.17, 15) is 18.0 Å². The lowest BCUT2D eigenvalue weighted by atomic mass is 10.2. The van der Waals surface area contributed by atoms with Gasteiger partial charge >= 0.3 is 6.18 Å². The number of hydrogen-bond acceptors (Lipinski definition) is 6. The van der Waals surface area contributed by atoms with Crippen LogP contribution in [0.4, 0.5) is 18.9 Å². The third kappa shape index (κ3) is 3.04. The first-order valence-corrected chi connectivity index (χ1v) is 7.10. The highest BCUT2D eigenvalue weighted by molar-refractivity contribution is 5.55. The highest BCUT2D eigenvalue weighted by atomic mass is 19.4. The maximum absolute atomic E-state index is 13.2. The number of aromatic amines is 1. The van der Waals surface area contributed by atoms with Gasteiger partial charge in [0.2, 0.25) is 0 Å².